The summed E-state index contributed by atoms with van der Waals surface area (Å²) in [6.45, 7) is 12.1. The quantitative estimate of drug-likeness (QED) is 0.325. The predicted molar refractivity (Wildman–Crippen MR) is 125 cm³/mol. The lowest BCUT2D eigenvalue weighted by Gasteiger charge is -2.38. The summed E-state index contributed by atoms with van der Waals surface area (Å²) < 4.78 is 10.4. The number of ether oxygens (including phenoxy) is 2. The lowest BCUT2D eigenvalue weighted by atomic mass is 9.72. The van der Waals surface area contributed by atoms with Crippen LogP contribution in [0.2, 0.25) is 0 Å². The van der Waals surface area contributed by atoms with Crippen molar-refractivity contribution in [1.29, 1.82) is 0 Å². The molecule has 1 aliphatic carbocycles. The maximum absolute atomic E-state index is 12.1. The molecule has 2 rings (SSSR count). The second-order valence-electron chi connectivity index (χ2n) is 9.54. The molecule has 178 valence electrons. The van der Waals surface area contributed by atoms with Crippen molar-refractivity contribution in [2.24, 2.45) is 5.41 Å². The molecule has 1 saturated heterocycles. The fourth-order valence-electron chi connectivity index (χ4n) is 4.13. The predicted octanol–water partition coefficient (Wildman–Crippen LogP) is 3.89. The van der Waals surface area contributed by atoms with E-state index in [1.54, 1.807) is 13.0 Å². The van der Waals surface area contributed by atoms with Crippen LogP contribution in [0.25, 0.3) is 0 Å². The first-order valence-electron chi connectivity index (χ1n) is 11.2. The van der Waals surface area contributed by atoms with Crippen molar-refractivity contribution in [1.82, 2.24) is 0 Å². The number of aliphatic hydroxyl groups is 3. The van der Waals surface area contributed by atoms with Gasteiger partial charge in [-0.3, -0.25) is 0 Å². The molecule has 0 bridgehead atoms. The fraction of sp³-hybridized carbons (Fsp3) is 0.577. The summed E-state index contributed by atoms with van der Waals surface area (Å²) in [6.07, 6.45) is 8.54. The van der Waals surface area contributed by atoms with E-state index in [2.05, 4.69) is 32.9 Å². The number of carbonyl (C=O) groups excluding carboxylic acids is 1. The molecule has 6 nitrogen and oxygen atoms in total. The van der Waals surface area contributed by atoms with Crippen LogP contribution in [0.1, 0.15) is 60.8 Å². The van der Waals surface area contributed by atoms with Crippen molar-refractivity contribution >= 4 is 5.97 Å². The average Bonchev–Trinajstić information content (AvgIpc) is 2.69. The molecule has 5 atom stereocenters. The van der Waals surface area contributed by atoms with Crippen LogP contribution in [0.3, 0.4) is 0 Å². The second-order valence-corrected chi connectivity index (χ2v) is 9.54. The summed E-state index contributed by atoms with van der Waals surface area (Å²) >= 11 is 0. The van der Waals surface area contributed by atoms with Crippen LogP contribution >= 0.6 is 0 Å². The molecule has 6 heteroatoms. The van der Waals surface area contributed by atoms with Gasteiger partial charge in [0.25, 0.3) is 0 Å². The van der Waals surface area contributed by atoms with E-state index < -0.39 is 36.7 Å². The Morgan fingerprint density at radius 3 is 2.44 bits per heavy atom. The monoisotopic (exact) mass is 446 g/mol. The van der Waals surface area contributed by atoms with E-state index in [-0.39, 0.29) is 5.41 Å². The van der Waals surface area contributed by atoms with E-state index in [1.165, 1.54) is 37.0 Å². The molecule has 0 aromatic rings. The zero-order chi connectivity index (χ0) is 24.1. The summed E-state index contributed by atoms with van der Waals surface area (Å²) in [5.41, 5.74) is 4.84. The van der Waals surface area contributed by atoms with E-state index in [0.717, 1.165) is 12.0 Å². The van der Waals surface area contributed by atoms with E-state index >= 15 is 0 Å². The molecule has 0 saturated carbocycles. The van der Waals surface area contributed by atoms with Gasteiger partial charge in [0.1, 0.15) is 18.3 Å². The topological polar surface area (TPSA) is 96.2 Å². The Labute approximate surface area is 191 Å². The van der Waals surface area contributed by atoms with Crippen molar-refractivity contribution in [3.05, 3.63) is 58.7 Å². The number of rotatable bonds is 6. The summed E-state index contributed by atoms with van der Waals surface area (Å²) in [6, 6.07) is 0. The van der Waals surface area contributed by atoms with Crippen LogP contribution < -0.4 is 0 Å². The van der Waals surface area contributed by atoms with Gasteiger partial charge in [-0.2, -0.15) is 0 Å². The Morgan fingerprint density at radius 1 is 1.09 bits per heavy atom. The van der Waals surface area contributed by atoms with Gasteiger partial charge >= 0.3 is 5.97 Å². The van der Waals surface area contributed by atoms with E-state index in [0.29, 0.717) is 5.57 Å². The SMILES string of the molecule is CC(C=CC1=C(C)CCCC1(C)C)=CC=CC(C)=CC(=O)OC1O[C@H](C)[C@@H](O)[C@H](O)[C@H]1O. The molecule has 0 aromatic heterocycles. The number of allylic oxidation sites excluding steroid dienone is 9. The van der Waals surface area contributed by atoms with Gasteiger partial charge in [0, 0.05) is 6.08 Å². The highest BCUT2D eigenvalue weighted by molar-refractivity contribution is 5.83. The lowest BCUT2D eigenvalue weighted by Crippen LogP contribution is -2.57. The largest absolute Gasteiger partial charge is 0.430 e. The van der Waals surface area contributed by atoms with Crippen molar-refractivity contribution in [2.45, 2.75) is 91.5 Å². The zero-order valence-corrected chi connectivity index (χ0v) is 20.0. The first-order valence-corrected chi connectivity index (χ1v) is 11.2. The number of hydrogen-bond acceptors (Lipinski definition) is 6. The molecule has 1 heterocycles. The van der Waals surface area contributed by atoms with Gasteiger partial charge in [-0.1, -0.05) is 55.4 Å². The van der Waals surface area contributed by atoms with Crippen LogP contribution in [0.15, 0.2) is 58.7 Å². The zero-order valence-electron chi connectivity index (χ0n) is 20.0. The van der Waals surface area contributed by atoms with Gasteiger partial charge in [0.2, 0.25) is 6.29 Å². The molecular formula is C26H38O6. The first kappa shape index (κ1) is 26.3. The Bertz CT molecular complexity index is 829. The minimum absolute atomic E-state index is 0.205. The molecule has 1 aliphatic heterocycles. The third-order valence-electron chi connectivity index (χ3n) is 6.16. The van der Waals surface area contributed by atoms with Gasteiger partial charge in [0.05, 0.1) is 6.10 Å². The molecule has 1 unspecified atom stereocenters. The normalized spacial score (nSPS) is 32.1. The van der Waals surface area contributed by atoms with Crippen LogP contribution in [0.4, 0.5) is 0 Å². The Balaban J connectivity index is 1.95. The number of carbonyl (C=O) groups is 1. The lowest BCUT2D eigenvalue weighted by molar-refractivity contribution is -0.283. The molecule has 0 radical (unpaired) electrons. The molecule has 0 aromatic carbocycles. The van der Waals surface area contributed by atoms with Crippen LogP contribution in [-0.2, 0) is 14.3 Å². The molecular weight excluding hydrogens is 408 g/mol. The molecule has 2 aliphatic rings. The summed E-state index contributed by atoms with van der Waals surface area (Å²) in [5.74, 6) is -0.700. The number of aliphatic hydroxyl groups excluding tert-OH is 3. The van der Waals surface area contributed by atoms with Crippen LogP contribution in [0.5, 0.6) is 0 Å². The Hall–Kier alpha value is -1.99. The van der Waals surface area contributed by atoms with Gasteiger partial charge in [-0.05, 0) is 63.5 Å². The van der Waals surface area contributed by atoms with Crippen LogP contribution in [-0.4, -0.2) is 52.0 Å². The Morgan fingerprint density at radius 2 is 1.78 bits per heavy atom. The summed E-state index contributed by atoms with van der Waals surface area (Å²) in [7, 11) is 0. The van der Waals surface area contributed by atoms with E-state index in [4.69, 9.17) is 9.47 Å². The van der Waals surface area contributed by atoms with E-state index in [9.17, 15) is 20.1 Å². The fourth-order valence-corrected chi connectivity index (χ4v) is 4.13. The van der Waals surface area contributed by atoms with E-state index in [1.807, 2.05) is 19.1 Å². The second kappa shape index (κ2) is 11.2. The Kier molecular flexibility index (Phi) is 9.22. The third kappa shape index (κ3) is 7.01. The minimum atomic E-state index is -1.51. The van der Waals surface area contributed by atoms with Gasteiger partial charge in [-0.25, -0.2) is 4.79 Å². The van der Waals surface area contributed by atoms with Gasteiger partial charge in [-0.15, -0.1) is 0 Å². The van der Waals surface area contributed by atoms with Crippen molar-refractivity contribution in [2.75, 3.05) is 0 Å². The third-order valence-corrected chi connectivity index (χ3v) is 6.16. The van der Waals surface area contributed by atoms with Crippen LogP contribution in [0, 0.1) is 5.41 Å². The standard InChI is InChI=1S/C26H38O6/c1-16(12-13-20-18(3)11-8-14-26(20,5)6)9-7-10-17(2)15-21(27)32-25-24(30)23(29)22(28)19(4)31-25/h7,9-10,12-13,15,19,22-25,28-30H,8,11,14H2,1-6H3/t19-,22-,23+,24-,25?/m1/s1. The van der Waals surface area contributed by atoms with Crippen molar-refractivity contribution in [3.63, 3.8) is 0 Å². The molecule has 3 N–H and O–H groups in total. The maximum Gasteiger partial charge on any atom is 0.333 e. The smallest absolute Gasteiger partial charge is 0.333 e. The molecule has 32 heavy (non-hydrogen) atoms. The highest BCUT2D eigenvalue weighted by Gasteiger charge is 2.43. The minimum Gasteiger partial charge on any atom is -0.430 e. The molecule has 1 fully saturated rings. The van der Waals surface area contributed by atoms with Gasteiger partial charge in [0.15, 0.2) is 0 Å². The summed E-state index contributed by atoms with van der Waals surface area (Å²) in [5, 5.41) is 29.4. The highest BCUT2D eigenvalue weighted by Crippen LogP contribution is 2.40. The first-order chi connectivity index (χ1) is 14.9. The highest BCUT2D eigenvalue weighted by atomic mass is 16.7. The maximum atomic E-state index is 12.1. The van der Waals surface area contributed by atoms with Gasteiger partial charge < -0.3 is 24.8 Å². The molecule has 0 amide bonds. The average molecular weight is 447 g/mol. The van der Waals surface area contributed by atoms with Crippen molar-refractivity contribution < 1.29 is 29.6 Å². The number of esters is 1. The summed E-state index contributed by atoms with van der Waals surface area (Å²) in [4.78, 5) is 12.1. The van der Waals surface area contributed by atoms with Crippen molar-refractivity contribution in [3.8, 4) is 0 Å². The molecule has 0 spiro atoms. The number of hydrogen-bond donors (Lipinski definition) is 3.